The molecule has 0 saturated heterocycles. The fourth-order valence-electron chi connectivity index (χ4n) is 2.64. The number of amides is 1. The number of hydrogen-bond donors (Lipinski definition) is 2. The molecule has 1 aromatic heterocycles. The van der Waals surface area contributed by atoms with Crippen LogP contribution in [0.4, 0.5) is 0 Å². The maximum atomic E-state index is 12.5. The van der Waals surface area contributed by atoms with Gasteiger partial charge in [-0.15, -0.1) is 0 Å². The third-order valence-corrected chi connectivity index (χ3v) is 3.88. The maximum Gasteiger partial charge on any atom is 0.261 e. The first-order valence-corrected chi connectivity index (χ1v) is 8.96. The van der Waals surface area contributed by atoms with Crippen LogP contribution in [0.2, 0.25) is 0 Å². The molecule has 2 rings (SSSR count). The van der Waals surface area contributed by atoms with Crippen LogP contribution in [0.5, 0.6) is 11.5 Å². The van der Waals surface area contributed by atoms with Crippen molar-refractivity contribution >= 4 is 16.8 Å². The highest BCUT2D eigenvalue weighted by molar-refractivity contribution is 5.98. The number of pyridine rings is 1. The van der Waals surface area contributed by atoms with Crippen LogP contribution < -0.4 is 20.3 Å². The van der Waals surface area contributed by atoms with Crippen molar-refractivity contribution in [1.82, 2.24) is 10.3 Å². The molecule has 2 aromatic rings. The van der Waals surface area contributed by atoms with Gasteiger partial charge in [0.05, 0.1) is 19.2 Å². The lowest BCUT2D eigenvalue weighted by molar-refractivity contribution is 0.0918. The van der Waals surface area contributed by atoms with Gasteiger partial charge in [-0.1, -0.05) is 19.8 Å². The number of ether oxygens (including phenoxy) is 2. The van der Waals surface area contributed by atoms with Crippen molar-refractivity contribution < 1.29 is 14.3 Å². The number of H-pyrrole nitrogens is 1. The Morgan fingerprint density at radius 1 is 1.23 bits per heavy atom. The van der Waals surface area contributed by atoms with Crippen molar-refractivity contribution in [3.63, 3.8) is 0 Å². The van der Waals surface area contributed by atoms with E-state index in [2.05, 4.69) is 17.2 Å². The standard InChI is InChI=1S/C20H28N2O4/c1-6-7-8-11-26-17-15(25-5)10-9-13-12-14(18(23)21-16(13)17)19(24)22-20(2,3)4/h9-10,12H,6-8,11H2,1-5H3,(H,21,23)(H,22,24). The number of methoxy groups -OCH3 is 1. The predicted octanol–water partition coefficient (Wildman–Crippen LogP) is 3.63. The lowest BCUT2D eigenvalue weighted by Crippen LogP contribution is -2.42. The van der Waals surface area contributed by atoms with Crippen LogP contribution in [0.15, 0.2) is 23.0 Å². The van der Waals surface area contributed by atoms with Crippen LogP contribution in [0.3, 0.4) is 0 Å². The van der Waals surface area contributed by atoms with Gasteiger partial charge in [-0.3, -0.25) is 9.59 Å². The molecule has 0 radical (unpaired) electrons. The average molecular weight is 360 g/mol. The number of rotatable bonds is 7. The van der Waals surface area contributed by atoms with Gasteiger partial charge in [0.15, 0.2) is 11.5 Å². The second kappa shape index (κ2) is 8.25. The molecular formula is C20H28N2O4. The second-order valence-corrected chi connectivity index (χ2v) is 7.33. The number of nitrogens with one attached hydrogen (secondary N) is 2. The first-order valence-electron chi connectivity index (χ1n) is 8.96. The summed E-state index contributed by atoms with van der Waals surface area (Å²) in [5.74, 6) is 0.652. The van der Waals surface area contributed by atoms with Gasteiger partial charge < -0.3 is 19.8 Å². The highest BCUT2D eigenvalue weighted by Crippen LogP contribution is 2.34. The molecule has 0 unspecified atom stereocenters. The number of fused-ring (bicyclic) bond motifs is 1. The molecular weight excluding hydrogens is 332 g/mol. The molecule has 2 N–H and O–H groups in total. The Kier molecular flexibility index (Phi) is 6.29. The van der Waals surface area contributed by atoms with E-state index in [9.17, 15) is 9.59 Å². The molecule has 0 aliphatic carbocycles. The smallest absolute Gasteiger partial charge is 0.261 e. The van der Waals surface area contributed by atoms with Gasteiger partial charge in [0.25, 0.3) is 11.5 Å². The molecule has 0 aliphatic heterocycles. The van der Waals surface area contributed by atoms with E-state index in [0.29, 0.717) is 23.6 Å². The molecule has 0 fully saturated rings. The maximum absolute atomic E-state index is 12.5. The van der Waals surface area contributed by atoms with Crippen LogP contribution in [0.1, 0.15) is 57.3 Å². The molecule has 0 saturated carbocycles. The Morgan fingerprint density at radius 2 is 1.96 bits per heavy atom. The summed E-state index contributed by atoms with van der Waals surface area (Å²) in [6, 6.07) is 5.17. The first kappa shape index (κ1) is 19.8. The van der Waals surface area contributed by atoms with Crippen molar-refractivity contribution in [2.75, 3.05) is 13.7 Å². The summed E-state index contributed by atoms with van der Waals surface area (Å²) in [6.07, 6.45) is 3.09. The molecule has 0 spiro atoms. The van der Waals surface area contributed by atoms with E-state index in [4.69, 9.17) is 9.47 Å². The summed E-state index contributed by atoms with van der Waals surface area (Å²) in [6.45, 7) is 8.27. The molecule has 0 bridgehead atoms. The van der Waals surface area contributed by atoms with Gasteiger partial charge in [-0.2, -0.15) is 0 Å². The number of carbonyl (C=O) groups excluding carboxylic acids is 1. The van der Waals surface area contributed by atoms with Gasteiger partial charge in [-0.05, 0) is 45.4 Å². The molecule has 1 aromatic carbocycles. The van der Waals surface area contributed by atoms with E-state index in [1.165, 1.54) is 0 Å². The molecule has 1 heterocycles. The normalized spacial score (nSPS) is 11.4. The zero-order chi connectivity index (χ0) is 19.3. The number of hydrogen-bond acceptors (Lipinski definition) is 4. The van der Waals surface area contributed by atoms with Crippen LogP contribution in [-0.2, 0) is 0 Å². The molecule has 142 valence electrons. The Balaban J connectivity index is 2.44. The van der Waals surface area contributed by atoms with Crippen molar-refractivity contribution in [2.45, 2.75) is 52.5 Å². The van der Waals surface area contributed by atoms with Crippen LogP contribution in [0, 0.1) is 0 Å². The highest BCUT2D eigenvalue weighted by Gasteiger charge is 2.20. The largest absolute Gasteiger partial charge is 0.493 e. The van der Waals surface area contributed by atoms with Crippen molar-refractivity contribution in [3.05, 3.63) is 34.1 Å². The number of carbonyl (C=O) groups is 1. The number of aromatic amines is 1. The summed E-state index contributed by atoms with van der Waals surface area (Å²) in [4.78, 5) is 27.7. The molecule has 1 amide bonds. The number of benzene rings is 1. The number of unbranched alkanes of at least 4 members (excludes halogenated alkanes) is 2. The lowest BCUT2D eigenvalue weighted by Gasteiger charge is -2.20. The van der Waals surface area contributed by atoms with Crippen LogP contribution >= 0.6 is 0 Å². The topological polar surface area (TPSA) is 80.4 Å². The Hall–Kier alpha value is -2.50. The first-order chi connectivity index (χ1) is 12.3. The minimum Gasteiger partial charge on any atom is -0.493 e. The van der Waals surface area contributed by atoms with Crippen LogP contribution in [0.25, 0.3) is 10.9 Å². The van der Waals surface area contributed by atoms with E-state index >= 15 is 0 Å². The van der Waals surface area contributed by atoms with Crippen molar-refractivity contribution in [1.29, 1.82) is 0 Å². The monoisotopic (exact) mass is 360 g/mol. The summed E-state index contributed by atoms with van der Waals surface area (Å²) in [5, 5.41) is 3.53. The quantitative estimate of drug-likeness (QED) is 0.739. The molecule has 26 heavy (non-hydrogen) atoms. The van der Waals surface area contributed by atoms with E-state index in [1.807, 2.05) is 20.8 Å². The molecule has 0 aliphatic rings. The Morgan fingerprint density at radius 3 is 2.58 bits per heavy atom. The summed E-state index contributed by atoms with van der Waals surface area (Å²) >= 11 is 0. The SMILES string of the molecule is CCCCCOc1c(OC)ccc2cc(C(=O)NC(C)(C)C)c(=O)[nH]c12. The summed E-state index contributed by atoms with van der Waals surface area (Å²) in [7, 11) is 1.56. The van der Waals surface area contributed by atoms with E-state index in [1.54, 1.807) is 25.3 Å². The van der Waals surface area contributed by atoms with Crippen molar-refractivity contribution in [2.24, 2.45) is 0 Å². The zero-order valence-corrected chi connectivity index (χ0v) is 16.2. The van der Waals surface area contributed by atoms with Gasteiger partial charge in [0.2, 0.25) is 0 Å². The molecule has 6 heteroatoms. The third kappa shape index (κ3) is 4.77. The Labute approximate surface area is 153 Å². The number of aromatic nitrogens is 1. The van der Waals surface area contributed by atoms with Gasteiger partial charge in [0.1, 0.15) is 5.56 Å². The van der Waals surface area contributed by atoms with Crippen LogP contribution in [-0.4, -0.2) is 30.1 Å². The predicted molar refractivity (Wildman–Crippen MR) is 103 cm³/mol. The van der Waals surface area contributed by atoms with Gasteiger partial charge in [-0.25, -0.2) is 0 Å². The zero-order valence-electron chi connectivity index (χ0n) is 16.2. The van der Waals surface area contributed by atoms with E-state index < -0.39 is 17.0 Å². The second-order valence-electron chi connectivity index (χ2n) is 7.33. The summed E-state index contributed by atoms with van der Waals surface area (Å²) in [5.41, 5.74) is -0.259. The van der Waals surface area contributed by atoms with Gasteiger partial charge in [0, 0.05) is 10.9 Å². The van der Waals surface area contributed by atoms with E-state index in [0.717, 1.165) is 24.6 Å². The Bertz CT molecular complexity index is 834. The van der Waals surface area contributed by atoms with Gasteiger partial charge >= 0.3 is 0 Å². The fraction of sp³-hybridized carbons (Fsp3) is 0.500. The minimum atomic E-state index is -0.453. The molecule has 6 nitrogen and oxygen atoms in total. The molecule has 0 atom stereocenters. The third-order valence-electron chi connectivity index (χ3n) is 3.88. The lowest BCUT2D eigenvalue weighted by atomic mass is 10.1. The highest BCUT2D eigenvalue weighted by atomic mass is 16.5. The fourth-order valence-corrected chi connectivity index (χ4v) is 2.64. The average Bonchev–Trinajstić information content (AvgIpc) is 2.56. The van der Waals surface area contributed by atoms with Crippen molar-refractivity contribution in [3.8, 4) is 11.5 Å². The summed E-state index contributed by atoms with van der Waals surface area (Å²) < 4.78 is 11.3. The minimum absolute atomic E-state index is 0.0783. The van der Waals surface area contributed by atoms with E-state index in [-0.39, 0.29) is 5.56 Å².